The van der Waals surface area contributed by atoms with E-state index < -0.39 is 35.0 Å². The van der Waals surface area contributed by atoms with Crippen LogP contribution < -0.4 is 5.26 Å². The normalized spacial score (nSPS) is 40.5. The topological polar surface area (TPSA) is 94.1 Å². The minimum absolute atomic E-state index is 0.115. The lowest BCUT2D eigenvalue weighted by molar-refractivity contribution is -0.777. The van der Waals surface area contributed by atoms with Crippen molar-refractivity contribution in [2.45, 2.75) is 36.7 Å². The maximum atomic E-state index is 13.4. The molecule has 7 nitrogen and oxygen atoms in total. The highest BCUT2D eigenvalue weighted by Crippen LogP contribution is 2.61. The van der Waals surface area contributed by atoms with E-state index in [1.807, 2.05) is 0 Å². The van der Waals surface area contributed by atoms with Gasteiger partial charge in [-0.2, -0.15) is 13.1 Å². The van der Waals surface area contributed by atoms with Crippen molar-refractivity contribution in [1.82, 2.24) is 0 Å². The Morgan fingerprint density at radius 3 is 2.90 bits per heavy atom. The lowest BCUT2D eigenvalue weighted by Gasteiger charge is -2.34. The summed E-state index contributed by atoms with van der Waals surface area (Å²) in [6.45, 7) is 1.59. The molecule has 2 aliphatic carbocycles. The van der Waals surface area contributed by atoms with Crippen molar-refractivity contribution in [2.75, 3.05) is 0 Å². The third kappa shape index (κ3) is 2.12. The van der Waals surface area contributed by atoms with E-state index in [4.69, 9.17) is 9.47 Å². The van der Waals surface area contributed by atoms with E-state index in [1.165, 1.54) is 0 Å². The molecule has 5 atom stereocenters. The van der Waals surface area contributed by atoms with Crippen molar-refractivity contribution >= 4 is 24.0 Å². The van der Waals surface area contributed by atoms with Crippen LogP contribution in [0.15, 0.2) is 0 Å². The molecule has 0 aromatic carbocycles. The molecule has 0 amide bonds. The first-order valence-corrected chi connectivity index (χ1v) is 7.00. The van der Waals surface area contributed by atoms with Crippen LogP contribution in [0.2, 0.25) is 0 Å². The van der Waals surface area contributed by atoms with Gasteiger partial charge in [0, 0.05) is 11.8 Å². The molecule has 0 spiro atoms. The van der Waals surface area contributed by atoms with Gasteiger partial charge in [-0.15, -0.1) is 0 Å². The van der Waals surface area contributed by atoms with Gasteiger partial charge in [0.25, 0.3) is 0 Å². The second-order valence-electron chi connectivity index (χ2n) is 5.61. The predicted octanol–water partition coefficient (Wildman–Crippen LogP) is 0.334. The first kappa shape index (κ1) is 14.9. The van der Waals surface area contributed by atoms with Crippen LogP contribution in [0.4, 0.5) is 8.78 Å². The SMILES string of the molecule is CC12OC(=O)C3CC(CC31)C2OC(=O)C(F)(F)SOO[O-]. The van der Waals surface area contributed by atoms with E-state index in [1.54, 1.807) is 6.92 Å². The molecule has 3 aliphatic rings. The monoisotopic (exact) mass is 325 g/mol. The number of carbonyl (C=O) groups is 2. The van der Waals surface area contributed by atoms with Crippen molar-refractivity contribution in [3.05, 3.63) is 0 Å². The van der Waals surface area contributed by atoms with Gasteiger partial charge in [-0.05, 0) is 19.8 Å². The van der Waals surface area contributed by atoms with Gasteiger partial charge in [0.2, 0.25) is 0 Å². The predicted molar refractivity (Wildman–Crippen MR) is 58.8 cm³/mol. The molecule has 118 valence electrons. The summed E-state index contributed by atoms with van der Waals surface area (Å²) >= 11 is -0.741. The number of esters is 2. The summed E-state index contributed by atoms with van der Waals surface area (Å²) in [5, 5.41) is 8.25. The van der Waals surface area contributed by atoms with Gasteiger partial charge >= 0.3 is 17.2 Å². The summed E-state index contributed by atoms with van der Waals surface area (Å²) in [5.74, 6) is -2.76. The maximum Gasteiger partial charge on any atom is 0.415 e. The molecule has 0 radical (unpaired) electrons. The zero-order valence-corrected chi connectivity index (χ0v) is 11.6. The summed E-state index contributed by atoms with van der Waals surface area (Å²) in [4.78, 5) is 23.2. The lowest BCUT2D eigenvalue weighted by atomic mass is 9.79. The van der Waals surface area contributed by atoms with Crippen LogP contribution in [0.25, 0.3) is 0 Å². The Balaban J connectivity index is 1.72. The third-order valence-corrected chi connectivity index (χ3v) is 5.09. The molecule has 1 heterocycles. The van der Waals surface area contributed by atoms with Crippen molar-refractivity contribution < 1.29 is 42.5 Å². The first-order valence-electron chi connectivity index (χ1n) is 6.25. The molecule has 2 saturated carbocycles. The fraction of sp³-hybridized carbons (Fsp3) is 0.818. The Kier molecular flexibility index (Phi) is 3.39. The highest BCUT2D eigenvalue weighted by atomic mass is 32.2. The van der Waals surface area contributed by atoms with E-state index in [0.717, 1.165) is 0 Å². The molecule has 2 bridgehead atoms. The Labute approximate surface area is 121 Å². The number of hydrogen-bond donors (Lipinski definition) is 0. The molecule has 21 heavy (non-hydrogen) atoms. The van der Waals surface area contributed by atoms with Crippen LogP contribution in [-0.4, -0.2) is 28.9 Å². The van der Waals surface area contributed by atoms with Crippen molar-refractivity contribution in [3.63, 3.8) is 0 Å². The fourth-order valence-electron chi connectivity index (χ4n) is 3.81. The van der Waals surface area contributed by atoms with Gasteiger partial charge in [0.05, 0.1) is 5.92 Å². The van der Waals surface area contributed by atoms with Gasteiger partial charge in [-0.1, -0.05) is 0 Å². The van der Waals surface area contributed by atoms with Crippen molar-refractivity contribution in [3.8, 4) is 0 Å². The van der Waals surface area contributed by atoms with Gasteiger partial charge in [-0.25, -0.2) is 4.79 Å². The zero-order chi connectivity index (χ0) is 15.4. The van der Waals surface area contributed by atoms with Gasteiger partial charge in [0.15, 0.2) is 0 Å². The highest BCUT2D eigenvalue weighted by Gasteiger charge is 2.70. The minimum Gasteiger partial charge on any atom is -0.691 e. The standard InChI is InChI=1S/C11H12F2O7S/c1-10-6-3-4(2-5(6)8(14)18-10)7(10)17-9(15)11(12,13)21-20-19-16/h4-7,16H,2-3H2,1H3/p-1. The Hall–Kier alpha value is -0.970. The fourth-order valence-corrected chi connectivity index (χ4v) is 4.04. The van der Waals surface area contributed by atoms with Crippen molar-refractivity contribution in [1.29, 1.82) is 0 Å². The summed E-state index contributed by atoms with van der Waals surface area (Å²) in [6.07, 6.45) is 0.150. The number of hydrogen-bond acceptors (Lipinski definition) is 8. The molecular weight excluding hydrogens is 314 g/mol. The molecule has 5 unspecified atom stereocenters. The summed E-state index contributed by atoms with van der Waals surface area (Å²) < 4.78 is 40.4. The number of fused-ring (bicyclic) bond motifs is 1. The minimum atomic E-state index is -4.09. The molecular formula is C11H11F2O7S-. The molecule has 1 aliphatic heterocycles. The Morgan fingerprint density at radius 2 is 2.24 bits per heavy atom. The summed E-state index contributed by atoms with van der Waals surface area (Å²) in [7, 11) is 0. The number of halogens is 2. The lowest BCUT2D eigenvalue weighted by Crippen LogP contribution is -2.48. The average Bonchev–Trinajstić information content (AvgIpc) is 2.99. The van der Waals surface area contributed by atoms with Crippen molar-refractivity contribution in [2.24, 2.45) is 17.8 Å². The zero-order valence-electron chi connectivity index (χ0n) is 10.7. The van der Waals surface area contributed by atoms with Crippen LogP contribution in [0.1, 0.15) is 19.8 Å². The molecule has 0 aromatic heterocycles. The first-order chi connectivity index (χ1) is 9.79. The molecule has 0 aromatic rings. The van der Waals surface area contributed by atoms with E-state index in [9.17, 15) is 23.6 Å². The summed E-state index contributed by atoms with van der Waals surface area (Å²) in [6, 6.07) is 0. The second-order valence-corrected chi connectivity index (χ2v) is 6.43. The largest absolute Gasteiger partial charge is 0.691 e. The van der Waals surface area contributed by atoms with Crippen LogP contribution in [0, 0.1) is 17.8 Å². The number of ether oxygens (including phenoxy) is 2. The Bertz CT molecular complexity index is 487. The highest BCUT2D eigenvalue weighted by molar-refractivity contribution is 7.96. The van der Waals surface area contributed by atoms with E-state index in [2.05, 4.69) is 9.37 Å². The molecule has 3 rings (SSSR count). The van der Waals surface area contributed by atoms with Crippen LogP contribution >= 0.6 is 12.0 Å². The van der Waals surface area contributed by atoms with E-state index in [0.29, 0.717) is 12.8 Å². The van der Waals surface area contributed by atoms with Crippen LogP contribution in [-0.2, 0) is 28.4 Å². The average molecular weight is 325 g/mol. The summed E-state index contributed by atoms with van der Waals surface area (Å²) in [5.41, 5.74) is -1.06. The quantitative estimate of drug-likeness (QED) is 0.309. The van der Waals surface area contributed by atoms with E-state index in [-0.39, 0.29) is 23.7 Å². The smallest absolute Gasteiger partial charge is 0.415 e. The maximum absolute atomic E-state index is 13.4. The van der Waals surface area contributed by atoms with Gasteiger partial charge in [-0.3, -0.25) is 9.83 Å². The van der Waals surface area contributed by atoms with Crippen LogP contribution in [0.5, 0.6) is 0 Å². The second kappa shape index (κ2) is 4.77. The number of rotatable bonds is 5. The van der Waals surface area contributed by atoms with Gasteiger partial charge in [0.1, 0.15) is 23.7 Å². The van der Waals surface area contributed by atoms with Crippen LogP contribution in [0.3, 0.4) is 0 Å². The molecule has 3 fully saturated rings. The molecule has 0 N–H and O–H groups in total. The molecule has 10 heteroatoms. The Morgan fingerprint density at radius 1 is 1.52 bits per heavy atom. The van der Waals surface area contributed by atoms with E-state index >= 15 is 0 Å². The van der Waals surface area contributed by atoms with Gasteiger partial charge < -0.3 is 14.7 Å². The number of alkyl halides is 2. The molecule has 1 saturated heterocycles. The third-order valence-electron chi connectivity index (χ3n) is 4.59. The number of carbonyl (C=O) groups excluding carboxylic acids is 2.